The van der Waals surface area contributed by atoms with Crippen LogP contribution in [0.1, 0.15) is 5.69 Å². The number of aromatic nitrogens is 2. The van der Waals surface area contributed by atoms with Gasteiger partial charge in [-0.3, -0.25) is 4.98 Å². The zero-order valence-corrected chi connectivity index (χ0v) is 17.9. The van der Waals surface area contributed by atoms with Gasteiger partial charge in [-0.25, -0.2) is 4.57 Å². The van der Waals surface area contributed by atoms with Gasteiger partial charge in [0.05, 0.1) is 5.52 Å². The second-order valence-electron chi connectivity index (χ2n) is 7.89. The molecule has 3 aromatic heterocycles. The SMILES string of the molecule is Cc1ccc2c3c(ccc2n1)OC[C@H](C[n+]1ccc(-c2cccc4ccsc24)cc1)O3. The fourth-order valence-corrected chi connectivity index (χ4v) is 5.12. The van der Waals surface area contributed by atoms with Gasteiger partial charge in [0.25, 0.3) is 0 Å². The van der Waals surface area contributed by atoms with Gasteiger partial charge in [-0.1, -0.05) is 18.2 Å². The van der Waals surface area contributed by atoms with Crippen LogP contribution in [0.15, 0.2) is 78.4 Å². The molecule has 1 atom stereocenters. The quantitative estimate of drug-likeness (QED) is 0.355. The van der Waals surface area contributed by atoms with E-state index in [1.54, 1.807) is 11.3 Å². The van der Waals surface area contributed by atoms with Crippen LogP contribution in [0.5, 0.6) is 11.5 Å². The Hall–Kier alpha value is -3.44. The number of ether oxygens (including phenoxy) is 2. The van der Waals surface area contributed by atoms with Crippen molar-refractivity contribution in [1.29, 1.82) is 0 Å². The summed E-state index contributed by atoms with van der Waals surface area (Å²) < 4.78 is 15.9. The van der Waals surface area contributed by atoms with Crippen molar-refractivity contribution < 1.29 is 14.0 Å². The number of hydrogen-bond acceptors (Lipinski definition) is 4. The van der Waals surface area contributed by atoms with E-state index in [0.717, 1.165) is 34.6 Å². The maximum absolute atomic E-state index is 6.37. The van der Waals surface area contributed by atoms with Crippen LogP contribution >= 0.6 is 11.3 Å². The first-order valence-corrected chi connectivity index (χ1v) is 11.3. The van der Waals surface area contributed by atoms with Crippen molar-refractivity contribution in [2.45, 2.75) is 19.6 Å². The number of hydrogen-bond donors (Lipinski definition) is 0. The summed E-state index contributed by atoms with van der Waals surface area (Å²) in [4.78, 5) is 4.61. The Morgan fingerprint density at radius 2 is 1.94 bits per heavy atom. The Morgan fingerprint density at radius 1 is 1.03 bits per heavy atom. The van der Waals surface area contributed by atoms with Gasteiger partial charge < -0.3 is 9.47 Å². The standard InChI is InChI=1S/C26H21N2O2S/c1-17-5-6-22-23(27-17)7-8-24-25(22)30-20(16-29-24)15-28-12-9-18(10-13-28)21-4-2-3-19-11-14-31-26(19)21/h2-14,20H,15-16H2,1H3/q+1/t20-/m0/s1. The molecule has 4 heterocycles. The molecule has 0 radical (unpaired) electrons. The molecule has 6 rings (SSSR count). The predicted octanol–water partition coefficient (Wildman–Crippen LogP) is 5.55. The van der Waals surface area contributed by atoms with E-state index >= 15 is 0 Å². The van der Waals surface area contributed by atoms with E-state index in [1.807, 2.05) is 25.1 Å². The van der Waals surface area contributed by atoms with Crippen molar-refractivity contribution in [2.24, 2.45) is 0 Å². The van der Waals surface area contributed by atoms with E-state index in [9.17, 15) is 0 Å². The molecule has 2 aromatic carbocycles. The molecule has 0 fully saturated rings. The minimum atomic E-state index is -0.0593. The summed E-state index contributed by atoms with van der Waals surface area (Å²) >= 11 is 1.79. The number of rotatable bonds is 3. The first-order valence-electron chi connectivity index (χ1n) is 10.4. The van der Waals surface area contributed by atoms with Gasteiger partial charge in [0.2, 0.25) is 0 Å². The number of fused-ring (bicyclic) bond motifs is 4. The van der Waals surface area contributed by atoms with Crippen LogP contribution in [-0.2, 0) is 6.54 Å². The summed E-state index contributed by atoms with van der Waals surface area (Å²) in [5.74, 6) is 1.58. The van der Waals surface area contributed by atoms with Gasteiger partial charge in [0.15, 0.2) is 36.5 Å². The molecule has 0 saturated carbocycles. The van der Waals surface area contributed by atoms with Crippen LogP contribution in [-0.4, -0.2) is 17.7 Å². The molecule has 0 spiro atoms. The molecule has 152 valence electrons. The summed E-state index contributed by atoms with van der Waals surface area (Å²) in [5.41, 5.74) is 4.43. The fraction of sp³-hybridized carbons (Fsp3) is 0.154. The molecule has 0 saturated heterocycles. The normalized spacial score (nSPS) is 15.5. The van der Waals surface area contributed by atoms with Gasteiger partial charge in [0, 0.05) is 27.9 Å². The van der Waals surface area contributed by atoms with Crippen LogP contribution in [0.4, 0.5) is 0 Å². The number of aryl methyl sites for hydroxylation is 1. The Kier molecular flexibility index (Phi) is 4.35. The number of nitrogens with zero attached hydrogens (tertiary/aromatic N) is 2. The van der Waals surface area contributed by atoms with E-state index in [4.69, 9.17) is 9.47 Å². The summed E-state index contributed by atoms with van der Waals surface area (Å²) in [5, 5.41) is 4.44. The van der Waals surface area contributed by atoms with Crippen LogP contribution in [0, 0.1) is 6.92 Å². The van der Waals surface area contributed by atoms with E-state index in [-0.39, 0.29) is 6.10 Å². The largest absolute Gasteiger partial charge is 0.486 e. The Bertz CT molecular complexity index is 1410. The molecule has 5 heteroatoms. The smallest absolute Gasteiger partial charge is 0.191 e. The van der Waals surface area contributed by atoms with Crippen molar-refractivity contribution in [2.75, 3.05) is 6.61 Å². The van der Waals surface area contributed by atoms with Crippen LogP contribution in [0.3, 0.4) is 0 Å². The predicted molar refractivity (Wildman–Crippen MR) is 124 cm³/mol. The molecule has 0 unspecified atom stereocenters. The average molecular weight is 426 g/mol. The lowest BCUT2D eigenvalue weighted by Crippen LogP contribution is -2.45. The van der Waals surface area contributed by atoms with Crippen LogP contribution in [0.2, 0.25) is 0 Å². The van der Waals surface area contributed by atoms with Crippen molar-refractivity contribution >= 4 is 32.3 Å². The van der Waals surface area contributed by atoms with Gasteiger partial charge in [0.1, 0.15) is 6.61 Å². The third-order valence-corrected chi connectivity index (χ3v) is 6.69. The molecule has 0 N–H and O–H groups in total. The molecule has 0 amide bonds. The zero-order chi connectivity index (χ0) is 20.8. The summed E-state index contributed by atoms with van der Waals surface area (Å²) in [6.45, 7) is 3.25. The first kappa shape index (κ1) is 18.3. The highest BCUT2D eigenvalue weighted by Crippen LogP contribution is 2.38. The van der Waals surface area contributed by atoms with Gasteiger partial charge in [-0.2, -0.15) is 0 Å². The summed E-state index contributed by atoms with van der Waals surface area (Å²) in [6.07, 6.45) is 4.18. The monoisotopic (exact) mass is 425 g/mol. The topological polar surface area (TPSA) is 35.2 Å². The molecule has 0 bridgehead atoms. The van der Waals surface area contributed by atoms with E-state index < -0.39 is 0 Å². The average Bonchev–Trinajstić information content (AvgIpc) is 3.28. The highest BCUT2D eigenvalue weighted by atomic mass is 32.1. The third-order valence-electron chi connectivity index (χ3n) is 5.73. The number of pyridine rings is 2. The van der Waals surface area contributed by atoms with Gasteiger partial charge in [-0.15, -0.1) is 11.3 Å². The Morgan fingerprint density at radius 3 is 2.84 bits per heavy atom. The molecule has 5 aromatic rings. The number of benzene rings is 2. The fourth-order valence-electron chi connectivity index (χ4n) is 4.18. The van der Waals surface area contributed by atoms with Crippen molar-refractivity contribution in [3.05, 3.63) is 84.1 Å². The lowest BCUT2D eigenvalue weighted by atomic mass is 10.1. The van der Waals surface area contributed by atoms with Gasteiger partial charge in [-0.05, 0) is 59.1 Å². The summed E-state index contributed by atoms with van der Waals surface area (Å²) in [7, 11) is 0. The highest BCUT2D eigenvalue weighted by molar-refractivity contribution is 7.17. The lowest BCUT2D eigenvalue weighted by molar-refractivity contribution is -0.703. The second-order valence-corrected chi connectivity index (χ2v) is 8.81. The molecular weight excluding hydrogens is 404 g/mol. The zero-order valence-electron chi connectivity index (χ0n) is 17.1. The van der Waals surface area contributed by atoms with Gasteiger partial charge >= 0.3 is 0 Å². The minimum absolute atomic E-state index is 0.0593. The number of thiophene rings is 1. The Labute approximate surface area is 184 Å². The molecule has 0 aliphatic carbocycles. The minimum Gasteiger partial charge on any atom is -0.486 e. The molecular formula is C26H21N2O2S+. The Balaban J connectivity index is 1.25. The maximum atomic E-state index is 6.37. The van der Waals surface area contributed by atoms with Crippen molar-refractivity contribution in [3.63, 3.8) is 0 Å². The first-order chi connectivity index (χ1) is 15.2. The van der Waals surface area contributed by atoms with Crippen LogP contribution < -0.4 is 14.0 Å². The molecule has 4 nitrogen and oxygen atoms in total. The van der Waals surface area contributed by atoms with Crippen LogP contribution in [0.25, 0.3) is 32.1 Å². The summed E-state index contributed by atoms with van der Waals surface area (Å²) in [6, 6.07) is 21.0. The third kappa shape index (κ3) is 3.31. The maximum Gasteiger partial charge on any atom is 0.191 e. The van der Waals surface area contributed by atoms with E-state index in [0.29, 0.717) is 6.61 Å². The van der Waals surface area contributed by atoms with E-state index in [1.165, 1.54) is 21.2 Å². The van der Waals surface area contributed by atoms with Crippen molar-refractivity contribution in [3.8, 4) is 22.6 Å². The molecule has 1 aliphatic heterocycles. The van der Waals surface area contributed by atoms with E-state index in [2.05, 4.69) is 69.8 Å². The highest BCUT2D eigenvalue weighted by Gasteiger charge is 2.26. The molecule has 1 aliphatic rings. The lowest BCUT2D eigenvalue weighted by Gasteiger charge is -2.25. The molecule has 31 heavy (non-hydrogen) atoms. The second kappa shape index (κ2) is 7.36. The van der Waals surface area contributed by atoms with Crippen molar-refractivity contribution in [1.82, 2.24) is 4.98 Å².